The minimum absolute atomic E-state index is 0.104. The van der Waals surface area contributed by atoms with Gasteiger partial charge in [0, 0.05) is 41.7 Å². The molecule has 1 saturated heterocycles. The first-order valence-corrected chi connectivity index (χ1v) is 16.4. The molecule has 2 aliphatic heterocycles. The highest BCUT2D eigenvalue weighted by molar-refractivity contribution is 6.34. The van der Waals surface area contributed by atoms with Gasteiger partial charge in [-0.2, -0.15) is 0 Å². The summed E-state index contributed by atoms with van der Waals surface area (Å²) in [6.45, 7) is 14.2. The number of carbonyl (C=O) groups is 1. The van der Waals surface area contributed by atoms with E-state index in [4.69, 9.17) is 11.6 Å². The Hall–Kier alpha value is -4.31. The first kappa shape index (κ1) is 32.6. The third kappa shape index (κ3) is 5.26. The van der Waals surface area contributed by atoms with Gasteiger partial charge in [-0.1, -0.05) is 51.9 Å². The van der Waals surface area contributed by atoms with Crippen LogP contribution in [0.1, 0.15) is 76.2 Å². The van der Waals surface area contributed by atoms with Gasteiger partial charge in [0.15, 0.2) is 5.82 Å². The van der Waals surface area contributed by atoms with E-state index in [2.05, 4.69) is 21.4 Å². The number of benzene rings is 2. The highest BCUT2D eigenvalue weighted by Gasteiger charge is 2.39. The monoisotopic (exact) mass is 661 g/mol. The lowest BCUT2D eigenvalue weighted by Crippen LogP contribution is -2.59. The number of phenols is 1. The predicted molar refractivity (Wildman–Crippen MR) is 181 cm³/mol. The summed E-state index contributed by atoms with van der Waals surface area (Å²) < 4.78 is 34.2. The Morgan fingerprint density at radius 3 is 2.38 bits per heavy atom. The summed E-state index contributed by atoms with van der Waals surface area (Å²) in [7, 11) is 0. The first-order chi connectivity index (χ1) is 22.4. The number of hydrogen-bond acceptors (Lipinski definition) is 6. The fourth-order valence-electron chi connectivity index (χ4n) is 7.24. The second-order valence-electron chi connectivity index (χ2n) is 13.1. The average molecular weight is 662 g/mol. The van der Waals surface area contributed by atoms with Gasteiger partial charge in [-0.15, -0.1) is 0 Å². The number of carbonyl (C=O) groups excluding carboxylic acids is 1. The Bertz CT molecular complexity index is 1950. The maximum absolute atomic E-state index is 17.5. The van der Waals surface area contributed by atoms with Crippen LogP contribution in [0, 0.1) is 11.6 Å². The van der Waals surface area contributed by atoms with Gasteiger partial charge < -0.3 is 14.9 Å². The van der Waals surface area contributed by atoms with Crippen molar-refractivity contribution in [1.82, 2.24) is 19.4 Å². The number of halogens is 3. The molecular formula is C36H38ClF2N5O3. The molecule has 2 unspecified atom stereocenters. The van der Waals surface area contributed by atoms with Gasteiger partial charge in [0.2, 0.25) is 5.91 Å². The molecule has 6 rings (SSSR count). The molecule has 8 nitrogen and oxygen atoms in total. The maximum Gasteiger partial charge on any atom is 0.261 e. The molecular weight excluding hydrogens is 624 g/mol. The van der Waals surface area contributed by atoms with Crippen LogP contribution in [0.3, 0.4) is 0 Å². The molecule has 0 spiro atoms. The summed E-state index contributed by atoms with van der Waals surface area (Å²) in [6, 6.07) is 4.89. The normalized spacial score (nSPS) is 18.0. The summed E-state index contributed by atoms with van der Waals surface area (Å²) >= 11 is 6.85. The van der Waals surface area contributed by atoms with Gasteiger partial charge in [0.1, 0.15) is 17.9 Å². The van der Waals surface area contributed by atoms with E-state index in [1.807, 2.05) is 34.6 Å². The zero-order chi connectivity index (χ0) is 33.9. The SMILES string of the molecule is C=CC(=O)N1CC2CCCc3c(c4cc(Cl)c(-c5c(O)cccc5F)c(F)c4n(-c4c(C(C)C)ncnc4C(C)C)c3=O)N2CC1C. The van der Waals surface area contributed by atoms with Crippen molar-refractivity contribution >= 4 is 34.1 Å². The molecule has 1 fully saturated rings. The Morgan fingerprint density at radius 2 is 1.77 bits per heavy atom. The van der Waals surface area contributed by atoms with Crippen molar-refractivity contribution in [3.8, 4) is 22.6 Å². The van der Waals surface area contributed by atoms with E-state index < -0.39 is 28.5 Å². The molecule has 2 aliphatic rings. The van der Waals surface area contributed by atoms with Crippen LogP contribution in [0.4, 0.5) is 14.5 Å². The van der Waals surface area contributed by atoms with Crippen molar-refractivity contribution < 1.29 is 18.7 Å². The number of fused-ring (bicyclic) bond motifs is 5. The second kappa shape index (κ2) is 12.4. The zero-order valence-electron chi connectivity index (χ0n) is 27.1. The van der Waals surface area contributed by atoms with E-state index in [0.717, 1.165) is 6.07 Å². The van der Waals surface area contributed by atoms with Crippen molar-refractivity contribution in [2.75, 3.05) is 18.0 Å². The number of nitrogens with zero attached hydrogens (tertiary/aromatic N) is 5. The summed E-state index contributed by atoms with van der Waals surface area (Å²) in [6.07, 6.45) is 4.54. The molecule has 47 heavy (non-hydrogen) atoms. The van der Waals surface area contributed by atoms with E-state index in [1.165, 1.54) is 29.1 Å². The van der Waals surface area contributed by atoms with Crippen LogP contribution in [-0.2, 0) is 11.2 Å². The van der Waals surface area contributed by atoms with Gasteiger partial charge >= 0.3 is 0 Å². The molecule has 0 radical (unpaired) electrons. The standard InChI is InChI=1S/C36H38ClF2N5O3/c1-7-27(46)42-16-21-10-8-11-22-33(43(21)15-20(42)6)23-14-24(37)28(29-25(38)12-9-13-26(29)45)30(39)34(23)44(36(22)47)35-31(18(2)3)40-17-41-32(35)19(4)5/h7,9,12-14,17-21,45H,1,8,10-11,15-16H2,2-6H3. The summed E-state index contributed by atoms with van der Waals surface area (Å²) in [5.41, 5.74) is 1.29. The smallest absolute Gasteiger partial charge is 0.261 e. The van der Waals surface area contributed by atoms with Gasteiger partial charge in [-0.05, 0) is 62.3 Å². The van der Waals surface area contributed by atoms with Gasteiger partial charge in [0.25, 0.3) is 5.56 Å². The first-order valence-electron chi connectivity index (χ1n) is 16.0. The third-order valence-corrected chi connectivity index (χ3v) is 9.70. The number of hydrogen-bond donors (Lipinski definition) is 1. The van der Waals surface area contributed by atoms with Gasteiger partial charge in [0.05, 0.1) is 38.9 Å². The molecule has 4 aromatic rings. The molecule has 2 aromatic heterocycles. The molecule has 4 heterocycles. The largest absolute Gasteiger partial charge is 0.507 e. The van der Waals surface area contributed by atoms with Crippen LogP contribution >= 0.6 is 11.6 Å². The van der Waals surface area contributed by atoms with E-state index in [1.54, 1.807) is 11.0 Å². The predicted octanol–water partition coefficient (Wildman–Crippen LogP) is 7.26. The van der Waals surface area contributed by atoms with Crippen LogP contribution in [0.5, 0.6) is 5.75 Å². The highest BCUT2D eigenvalue weighted by Crippen LogP contribution is 2.46. The summed E-state index contributed by atoms with van der Waals surface area (Å²) in [5.74, 6) is -2.78. The molecule has 1 amide bonds. The Balaban J connectivity index is 1.79. The van der Waals surface area contributed by atoms with Crippen molar-refractivity contribution in [3.05, 3.63) is 87.2 Å². The third-order valence-electron chi connectivity index (χ3n) is 9.41. The van der Waals surface area contributed by atoms with Crippen LogP contribution in [0.2, 0.25) is 5.02 Å². The number of phenolic OH excluding ortho intramolecular Hbond substituents is 1. The van der Waals surface area contributed by atoms with Crippen molar-refractivity contribution in [3.63, 3.8) is 0 Å². The molecule has 0 bridgehead atoms. The minimum Gasteiger partial charge on any atom is -0.507 e. The van der Waals surface area contributed by atoms with Crippen molar-refractivity contribution in [2.24, 2.45) is 0 Å². The van der Waals surface area contributed by atoms with Crippen molar-refractivity contribution in [1.29, 1.82) is 0 Å². The Labute approximate surface area is 277 Å². The second-order valence-corrected chi connectivity index (χ2v) is 13.5. The Morgan fingerprint density at radius 1 is 1.09 bits per heavy atom. The average Bonchev–Trinajstić information content (AvgIpc) is 3.21. The van der Waals surface area contributed by atoms with Gasteiger partial charge in [-0.3, -0.25) is 14.2 Å². The molecule has 246 valence electrons. The topological polar surface area (TPSA) is 91.6 Å². The Kier molecular flexibility index (Phi) is 8.59. The summed E-state index contributed by atoms with van der Waals surface area (Å²) in [4.78, 5) is 40.8. The zero-order valence-corrected chi connectivity index (χ0v) is 27.9. The maximum atomic E-state index is 17.5. The fraction of sp³-hybridized carbons (Fsp3) is 0.389. The van der Waals surface area contributed by atoms with Gasteiger partial charge in [-0.25, -0.2) is 18.7 Å². The number of rotatable bonds is 5. The van der Waals surface area contributed by atoms with E-state index >= 15 is 13.6 Å². The molecule has 0 saturated carbocycles. The molecule has 2 atom stereocenters. The minimum atomic E-state index is -0.949. The molecule has 11 heteroatoms. The number of amides is 1. The van der Waals surface area contributed by atoms with Crippen LogP contribution in [0.25, 0.3) is 27.7 Å². The summed E-state index contributed by atoms with van der Waals surface area (Å²) in [5, 5.41) is 11.0. The lowest BCUT2D eigenvalue weighted by Gasteiger charge is -2.46. The lowest BCUT2D eigenvalue weighted by atomic mass is 9.96. The van der Waals surface area contributed by atoms with Crippen LogP contribution in [0.15, 0.2) is 48.0 Å². The molecule has 1 N–H and O–H groups in total. The number of aromatic hydroxyl groups is 1. The quantitative estimate of drug-likeness (QED) is 0.227. The number of aromatic nitrogens is 3. The number of piperazine rings is 1. The fourth-order valence-corrected chi connectivity index (χ4v) is 7.53. The van der Waals surface area contributed by atoms with E-state index in [0.29, 0.717) is 66.1 Å². The van der Waals surface area contributed by atoms with E-state index in [-0.39, 0.29) is 45.9 Å². The van der Waals surface area contributed by atoms with Crippen LogP contribution < -0.4 is 10.5 Å². The molecule has 2 aromatic carbocycles. The van der Waals surface area contributed by atoms with E-state index in [9.17, 15) is 9.90 Å². The molecule has 0 aliphatic carbocycles. The van der Waals surface area contributed by atoms with Crippen LogP contribution in [-0.4, -0.2) is 55.6 Å². The number of pyridine rings is 1. The lowest BCUT2D eigenvalue weighted by molar-refractivity contribution is -0.128. The highest BCUT2D eigenvalue weighted by atomic mass is 35.5. The van der Waals surface area contributed by atoms with Crippen molar-refractivity contribution in [2.45, 2.75) is 77.8 Å². The number of anilines is 1.